The number of hydrogen-bond donors (Lipinski definition) is 1. The Morgan fingerprint density at radius 3 is 2.78 bits per heavy atom. The van der Waals surface area contributed by atoms with Crippen LogP contribution in [0.2, 0.25) is 0 Å². The molecule has 0 unspecified atom stereocenters. The maximum Gasteiger partial charge on any atom is 0.178 e. The first-order valence-corrected chi connectivity index (χ1v) is 7.12. The molecule has 0 bridgehead atoms. The Labute approximate surface area is 106 Å². The van der Waals surface area contributed by atoms with Crippen LogP contribution in [0.25, 0.3) is 0 Å². The lowest BCUT2D eigenvalue weighted by molar-refractivity contribution is 0.473. The van der Waals surface area contributed by atoms with Gasteiger partial charge in [0.15, 0.2) is 9.84 Å². The van der Waals surface area contributed by atoms with E-state index in [4.69, 9.17) is 0 Å². The molecule has 6 heteroatoms. The minimum absolute atomic E-state index is 0.00213. The van der Waals surface area contributed by atoms with Gasteiger partial charge >= 0.3 is 0 Å². The molecule has 1 aromatic heterocycles. The molecule has 5 nitrogen and oxygen atoms in total. The fourth-order valence-electron chi connectivity index (χ4n) is 1.65. The van der Waals surface area contributed by atoms with Crippen molar-refractivity contribution < 1.29 is 13.5 Å². The number of nitrogens with zero attached hydrogens (tertiary/aromatic N) is 2. The molecule has 0 saturated heterocycles. The highest BCUT2D eigenvalue weighted by Gasteiger charge is 2.15. The summed E-state index contributed by atoms with van der Waals surface area (Å²) in [5, 5.41) is 13.3. The molecule has 0 radical (unpaired) electrons. The van der Waals surface area contributed by atoms with E-state index >= 15 is 0 Å². The number of phenolic OH excluding ortho intramolecular Hbond substituents is 1. The van der Waals surface area contributed by atoms with Crippen molar-refractivity contribution in [2.75, 3.05) is 5.75 Å². The van der Waals surface area contributed by atoms with Crippen molar-refractivity contribution in [2.24, 2.45) is 7.05 Å². The van der Waals surface area contributed by atoms with E-state index in [2.05, 4.69) is 5.10 Å². The molecule has 0 atom stereocenters. The number of aromatic nitrogens is 2. The van der Waals surface area contributed by atoms with Gasteiger partial charge in [-0.2, -0.15) is 5.10 Å². The van der Waals surface area contributed by atoms with Gasteiger partial charge in [0.2, 0.25) is 0 Å². The van der Waals surface area contributed by atoms with Crippen LogP contribution >= 0.6 is 0 Å². The van der Waals surface area contributed by atoms with E-state index in [1.165, 1.54) is 24.3 Å². The van der Waals surface area contributed by atoms with Gasteiger partial charge in [0.05, 0.1) is 16.8 Å². The molecule has 96 valence electrons. The van der Waals surface area contributed by atoms with Crippen LogP contribution in [-0.4, -0.2) is 29.1 Å². The summed E-state index contributed by atoms with van der Waals surface area (Å²) in [6.45, 7) is 0. The molecule has 0 saturated carbocycles. The van der Waals surface area contributed by atoms with Gasteiger partial charge in [-0.3, -0.25) is 4.68 Å². The highest BCUT2D eigenvalue weighted by atomic mass is 32.2. The van der Waals surface area contributed by atoms with Gasteiger partial charge in [0.1, 0.15) is 5.75 Å². The third-order valence-electron chi connectivity index (χ3n) is 2.59. The number of aromatic hydroxyl groups is 1. The SMILES string of the molecule is Cn1cc(CCS(=O)(=O)c2cccc(O)c2)cn1. The van der Waals surface area contributed by atoms with Crippen molar-refractivity contribution in [1.29, 1.82) is 0 Å². The van der Waals surface area contributed by atoms with Crippen molar-refractivity contribution >= 4 is 9.84 Å². The van der Waals surface area contributed by atoms with Gasteiger partial charge in [-0.1, -0.05) is 6.07 Å². The second-order valence-corrected chi connectivity index (χ2v) is 6.20. The fraction of sp³-hybridized carbons (Fsp3) is 0.250. The first-order valence-electron chi connectivity index (χ1n) is 5.47. The van der Waals surface area contributed by atoms with Gasteiger partial charge in [0, 0.05) is 13.2 Å². The monoisotopic (exact) mass is 266 g/mol. The molecule has 2 aromatic rings. The molecule has 0 aliphatic rings. The van der Waals surface area contributed by atoms with Gasteiger partial charge in [-0.15, -0.1) is 0 Å². The van der Waals surface area contributed by atoms with Crippen LogP contribution in [0.4, 0.5) is 0 Å². The zero-order valence-corrected chi connectivity index (χ0v) is 10.8. The minimum atomic E-state index is -3.37. The third-order valence-corrected chi connectivity index (χ3v) is 4.31. The maximum absolute atomic E-state index is 12.0. The molecule has 18 heavy (non-hydrogen) atoms. The maximum atomic E-state index is 12.0. The predicted molar refractivity (Wildman–Crippen MR) is 67.1 cm³/mol. The largest absolute Gasteiger partial charge is 0.508 e. The Bertz CT molecular complexity index is 647. The van der Waals surface area contributed by atoms with Gasteiger partial charge in [-0.05, 0) is 30.2 Å². The highest BCUT2D eigenvalue weighted by Crippen LogP contribution is 2.18. The summed E-state index contributed by atoms with van der Waals surface area (Å²) in [5.74, 6) is -0.0419. The number of aryl methyl sites for hydroxylation is 2. The molecule has 1 heterocycles. The standard InChI is InChI=1S/C12H14N2O3S/c1-14-9-10(8-13-14)5-6-18(16,17)12-4-2-3-11(15)7-12/h2-4,7-9,15H,5-6H2,1H3. The Kier molecular flexibility index (Phi) is 3.38. The Hall–Kier alpha value is -1.82. The van der Waals surface area contributed by atoms with E-state index in [-0.39, 0.29) is 16.4 Å². The smallest absolute Gasteiger partial charge is 0.178 e. The summed E-state index contributed by atoms with van der Waals surface area (Å²) in [5.41, 5.74) is 0.876. The molecule has 1 N–H and O–H groups in total. The van der Waals surface area contributed by atoms with Crippen LogP contribution < -0.4 is 0 Å². The summed E-state index contributed by atoms with van der Waals surface area (Å²) in [7, 11) is -1.58. The van der Waals surface area contributed by atoms with E-state index in [0.717, 1.165) is 5.56 Å². The number of sulfone groups is 1. The van der Waals surface area contributed by atoms with Gasteiger partial charge in [-0.25, -0.2) is 8.42 Å². The van der Waals surface area contributed by atoms with Crippen molar-refractivity contribution in [1.82, 2.24) is 9.78 Å². The number of phenols is 1. The lowest BCUT2D eigenvalue weighted by Crippen LogP contribution is -2.08. The average molecular weight is 266 g/mol. The Morgan fingerprint density at radius 1 is 1.39 bits per heavy atom. The first kappa shape index (κ1) is 12.6. The van der Waals surface area contributed by atoms with Crippen LogP contribution in [-0.2, 0) is 23.3 Å². The molecular formula is C12H14N2O3S. The zero-order valence-electron chi connectivity index (χ0n) is 9.94. The minimum Gasteiger partial charge on any atom is -0.508 e. The molecule has 0 spiro atoms. The molecular weight excluding hydrogens is 252 g/mol. The van der Waals surface area contributed by atoms with E-state index < -0.39 is 9.84 Å². The van der Waals surface area contributed by atoms with Crippen molar-refractivity contribution in [3.05, 3.63) is 42.2 Å². The molecule has 0 amide bonds. The Balaban J connectivity index is 2.13. The van der Waals surface area contributed by atoms with Crippen molar-refractivity contribution in [2.45, 2.75) is 11.3 Å². The topological polar surface area (TPSA) is 72.2 Å². The lowest BCUT2D eigenvalue weighted by Gasteiger charge is -2.03. The molecule has 0 aliphatic heterocycles. The summed E-state index contributed by atoms with van der Waals surface area (Å²) in [6.07, 6.45) is 3.85. The van der Waals surface area contributed by atoms with Crippen LogP contribution in [0.1, 0.15) is 5.56 Å². The van der Waals surface area contributed by atoms with E-state index in [0.29, 0.717) is 6.42 Å². The van der Waals surface area contributed by atoms with Crippen molar-refractivity contribution in [3.8, 4) is 5.75 Å². The predicted octanol–water partition coefficient (Wildman–Crippen LogP) is 1.14. The molecule has 0 aliphatic carbocycles. The quantitative estimate of drug-likeness (QED) is 0.900. The van der Waals surface area contributed by atoms with Crippen molar-refractivity contribution in [3.63, 3.8) is 0 Å². The second kappa shape index (κ2) is 4.81. The summed E-state index contributed by atoms with van der Waals surface area (Å²) in [4.78, 5) is 0.145. The van der Waals surface area contributed by atoms with Crippen LogP contribution in [0, 0.1) is 0 Å². The fourth-order valence-corrected chi connectivity index (χ4v) is 2.97. The van der Waals surface area contributed by atoms with Gasteiger partial charge in [0.25, 0.3) is 0 Å². The molecule has 0 fully saturated rings. The third kappa shape index (κ3) is 2.89. The second-order valence-electron chi connectivity index (χ2n) is 4.09. The van der Waals surface area contributed by atoms with E-state index in [1.54, 1.807) is 24.1 Å². The number of hydrogen-bond acceptors (Lipinski definition) is 4. The average Bonchev–Trinajstić information content (AvgIpc) is 2.73. The van der Waals surface area contributed by atoms with Crippen LogP contribution in [0.15, 0.2) is 41.6 Å². The first-order chi connectivity index (χ1) is 8.47. The number of rotatable bonds is 4. The summed E-state index contributed by atoms with van der Waals surface area (Å²) < 4.78 is 25.7. The van der Waals surface area contributed by atoms with Gasteiger partial charge < -0.3 is 5.11 Å². The van der Waals surface area contributed by atoms with Crippen LogP contribution in [0.5, 0.6) is 5.75 Å². The lowest BCUT2D eigenvalue weighted by atomic mass is 10.3. The summed E-state index contributed by atoms with van der Waals surface area (Å²) >= 11 is 0. The summed E-state index contributed by atoms with van der Waals surface area (Å²) in [6, 6.07) is 5.71. The molecule has 2 rings (SSSR count). The molecule has 1 aromatic carbocycles. The highest BCUT2D eigenvalue weighted by molar-refractivity contribution is 7.91. The Morgan fingerprint density at radius 2 is 2.17 bits per heavy atom. The zero-order chi connectivity index (χ0) is 13.2. The van der Waals surface area contributed by atoms with E-state index in [1.807, 2.05) is 0 Å². The number of benzene rings is 1. The van der Waals surface area contributed by atoms with Crippen LogP contribution in [0.3, 0.4) is 0 Å². The normalized spacial score (nSPS) is 11.6. The van der Waals surface area contributed by atoms with E-state index in [9.17, 15) is 13.5 Å².